The van der Waals surface area contributed by atoms with E-state index in [2.05, 4.69) is 21.9 Å². The van der Waals surface area contributed by atoms with Gasteiger partial charge >= 0.3 is 0 Å². The Morgan fingerprint density at radius 3 is 2.56 bits per heavy atom. The summed E-state index contributed by atoms with van der Waals surface area (Å²) in [4.78, 5) is 10.9. The number of aliphatic hydroxyl groups excluding tert-OH is 1. The van der Waals surface area contributed by atoms with E-state index in [0.29, 0.717) is 11.7 Å². The van der Waals surface area contributed by atoms with Gasteiger partial charge in [0.15, 0.2) is 0 Å². The lowest BCUT2D eigenvalue weighted by Gasteiger charge is -1.98. The van der Waals surface area contributed by atoms with Crippen LogP contribution in [-0.2, 0) is 25.5 Å². The van der Waals surface area contributed by atoms with Crippen molar-refractivity contribution in [3.05, 3.63) is 35.9 Å². The van der Waals surface area contributed by atoms with E-state index in [1.54, 1.807) is 12.4 Å². The highest BCUT2D eigenvalue weighted by Crippen LogP contribution is 1.99. The smallest absolute Gasteiger partial charge is 0.132 e. The summed E-state index contributed by atoms with van der Waals surface area (Å²) in [6.45, 7) is 5.05. The zero-order valence-electron chi connectivity index (χ0n) is 10.7. The van der Waals surface area contributed by atoms with Gasteiger partial charge in [0.1, 0.15) is 18.3 Å². The van der Waals surface area contributed by atoms with Crippen LogP contribution in [0.25, 0.3) is 0 Å². The van der Waals surface area contributed by atoms with Crippen molar-refractivity contribution >= 4 is 11.6 Å². The van der Waals surface area contributed by atoms with Crippen molar-refractivity contribution in [3.63, 3.8) is 0 Å². The molecule has 0 aliphatic rings. The van der Waals surface area contributed by atoms with Crippen molar-refractivity contribution in [2.45, 2.75) is 39.3 Å². The van der Waals surface area contributed by atoms with Crippen LogP contribution in [0, 0.1) is 0 Å². The second-order valence-corrected chi connectivity index (χ2v) is 3.90. The predicted octanol–water partition coefficient (Wildman–Crippen LogP) is 2.11. The monoisotopic (exact) mass is 270 g/mol. The van der Waals surface area contributed by atoms with Crippen LogP contribution in [0.4, 0.5) is 0 Å². The van der Waals surface area contributed by atoms with Gasteiger partial charge < -0.3 is 14.7 Å². The normalized spacial score (nSPS) is 10.0. The lowest BCUT2D eigenvalue weighted by atomic mass is 10.4. The van der Waals surface area contributed by atoms with Gasteiger partial charge in [-0.1, -0.05) is 6.92 Å². The maximum Gasteiger partial charge on any atom is 0.132 e. The minimum atomic E-state index is 0. The third-order valence-electron chi connectivity index (χ3n) is 2.47. The fourth-order valence-corrected chi connectivity index (χ4v) is 1.65. The molecule has 0 bridgehead atoms. The summed E-state index contributed by atoms with van der Waals surface area (Å²) in [6.07, 6.45) is 6.37. The molecular formula is C12H19ClN4O. The van der Waals surface area contributed by atoms with Crippen molar-refractivity contribution in [1.82, 2.24) is 19.5 Å². The number of hydrogen-bond acceptors (Lipinski definition) is 3. The van der Waals surface area contributed by atoms with E-state index < -0.39 is 0 Å². The first-order chi connectivity index (χ1) is 8.74. The summed E-state index contributed by atoms with van der Waals surface area (Å²) >= 11 is 5.57. The molecule has 0 unspecified atom stereocenters. The lowest BCUT2D eigenvalue weighted by Crippen LogP contribution is -1.97. The van der Waals surface area contributed by atoms with Gasteiger partial charge in [-0.15, -0.1) is 11.6 Å². The summed E-state index contributed by atoms with van der Waals surface area (Å²) in [5.74, 6) is 2.09. The number of nitrogens with one attached hydrogen (secondary N) is 1. The number of H-pyrrole nitrogens is 1. The Labute approximate surface area is 112 Å². The van der Waals surface area contributed by atoms with Crippen molar-refractivity contribution in [3.8, 4) is 0 Å². The van der Waals surface area contributed by atoms with Crippen LogP contribution in [0.3, 0.4) is 0 Å². The van der Waals surface area contributed by atoms with Gasteiger partial charge in [0.05, 0.1) is 5.88 Å². The topological polar surface area (TPSA) is 66.7 Å². The van der Waals surface area contributed by atoms with E-state index in [0.717, 1.165) is 24.5 Å². The third-order valence-corrected chi connectivity index (χ3v) is 2.71. The molecule has 0 aliphatic heterocycles. The molecule has 2 N–H and O–H groups in total. The van der Waals surface area contributed by atoms with Gasteiger partial charge in [0, 0.05) is 30.8 Å². The van der Waals surface area contributed by atoms with E-state index in [1.165, 1.54) is 0 Å². The molecular weight excluding hydrogens is 252 g/mol. The molecule has 0 aliphatic carbocycles. The summed E-state index contributed by atoms with van der Waals surface area (Å²) in [5, 5.41) is 8.55. The lowest BCUT2D eigenvalue weighted by molar-refractivity contribution is 0.272. The summed E-state index contributed by atoms with van der Waals surface area (Å²) in [7, 11) is 0. The van der Waals surface area contributed by atoms with Crippen LogP contribution in [0.2, 0.25) is 0 Å². The van der Waals surface area contributed by atoms with Crippen molar-refractivity contribution in [2.24, 2.45) is 0 Å². The molecule has 2 aromatic rings. The van der Waals surface area contributed by atoms with E-state index in [9.17, 15) is 0 Å². The third kappa shape index (κ3) is 4.16. The highest BCUT2D eigenvalue weighted by molar-refractivity contribution is 6.16. The van der Waals surface area contributed by atoms with E-state index in [-0.39, 0.29) is 6.61 Å². The molecule has 6 heteroatoms. The Hall–Kier alpha value is -1.33. The first kappa shape index (κ1) is 14.7. The van der Waals surface area contributed by atoms with Gasteiger partial charge in [0.25, 0.3) is 0 Å². The number of hydrogen-bond donors (Lipinski definition) is 2. The second-order valence-electron chi connectivity index (χ2n) is 3.63. The molecule has 0 spiro atoms. The Bertz CT molecular complexity index is 415. The van der Waals surface area contributed by atoms with Crippen LogP contribution in [0.1, 0.15) is 31.2 Å². The minimum absolute atomic E-state index is 0. The molecule has 18 heavy (non-hydrogen) atoms. The van der Waals surface area contributed by atoms with Gasteiger partial charge in [0.2, 0.25) is 0 Å². The summed E-state index contributed by atoms with van der Waals surface area (Å²) in [6, 6.07) is 0. The first-order valence-electron chi connectivity index (χ1n) is 5.94. The number of rotatable bonds is 4. The maximum atomic E-state index is 8.55. The number of aromatic amines is 1. The maximum absolute atomic E-state index is 8.55. The number of aromatic nitrogens is 4. The molecule has 0 atom stereocenters. The van der Waals surface area contributed by atoms with Crippen LogP contribution in [0.15, 0.2) is 18.6 Å². The Morgan fingerprint density at radius 1 is 1.39 bits per heavy atom. The molecule has 2 aromatic heterocycles. The van der Waals surface area contributed by atoms with Crippen molar-refractivity contribution in [1.29, 1.82) is 0 Å². The average molecular weight is 271 g/mol. The van der Waals surface area contributed by atoms with Crippen LogP contribution < -0.4 is 0 Å². The van der Waals surface area contributed by atoms with Gasteiger partial charge in [-0.05, 0) is 13.3 Å². The molecule has 0 saturated heterocycles. The number of nitrogens with zero attached hydrogens (tertiary/aromatic N) is 3. The fraction of sp³-hybridized carbons (Fsp3) is 0.500. The predicted molar refractivity (Wildman–Crippen MR) is 71.3 cm³/mol. The van der Waals surface area contributed by atoms with Gasteiger partial charge in [-0.25, -0.2) is 9.97 Å². The molecule has 2 rings (SSSR count). The van der Waals surface area contributed by atoms with Gasteiger partial charge in [-0.3, -0.25) is 0 Å². The summed E-state index contributed by atoms with van der Waals surface area (Å²) in [5.41, 5.74) is 1.07. The molecule has 0 saturated carbocycles. The molecule has 0 radical (unpaired) electrons. The number of imidazole rings is 2. The quantitative estimate of drug-likeness (QED) is 0.836. The highest BCUT2D eigenvalue weighted by atomic mass is 35.5. The minimum Gasteiger partial charge on any atom is -0.388 e. The van der Waals surface area contributed by atoms with Crippen LogP contribution >= 0.6 is 11.6 Å². The van der Waals surface area contributed by atoms with E-state index in [1.807, 2.05) is 17.7 Å². The highest BCUT2D eigenvalue weighted by Gasteiger charge is 1.95. The Kier molecular flexibility index (Phi) is 6.46. The standard InChI is InChI=1S/C6H9ClN2.C6H10N2O/c1-2-9-4-3-8-6(9)5-7;1-2-5-3-7-6(4-9)8-5/h3-4H,2,5H2,1H3;3,9H,2,4H2,1H3,(H,7,8). The number of halogens is 1. The number of aryl methyl sites for hydroxylation is 2. The molecule has 0 fully saturated rings. The van der Waals surface area contributed by atoms with Crippen molar-refractivity contribution in [2.75, 3.05) is 0 Å². The molecule has 100 valence electrons. The molecule has 0 amide bonds. The van der Waals surface area contributed by atoms with Crippen LogP contribution in [-0.4, -0.2) is 24.6 Å². The number of aliphatic hydroxyl groups is 1. The summed E-state index contributed by atoms with van der Waals surface area (Å²) < 4.78 is 2.02. The molecule has 2 heterocycles. The molecule has 5 nitrogen and oxygen atoms in total. The number of alkyl halides is 1. The van der Waals surface area contributed by atoms with E-state index >= 15 is 0 Å². The SMILES string of the molecule is CCc1cnc(CO)[nH]1.CCn1ccnc1CCl. The van der Waals surface area contributed by atoms with Crippen LogP contribution in [0.5, 0.6) is 0 Å². The zero-order chi connectivity index (χ0) is 13.4. The fourth-order valence-electron chi connectivity index (χ4n) is 1.42. The largest absolute Gasteiger partial charge is 0.388 e. The second kappa shape index (κ2) is 7.89. The van der Waals surface area contributed by atoms with E-state index in [4.69, 9.17) is 16.7 Å². The Balaban J connectivity index is 0.000000180. The Morgan fingerprint density at radius 2 is 2.17 bits per heavy atom. The average Bonchev–Trinajstić information content (AvgIpc) is 3.07. The first-order valence-corrected chi connectivity index (χ1v) is 6.48. The van der Waals surface area contributed by atoms with Crippen molar-refractivity contribution < 1.29 is 5.11 Å². The van der Waals surface area contributed by atoms with Gasteiger partial charge in [-0.2, -0.15) is 0 Å². The molecule has 0 aromatic carbocycles. The zero-order valence-corrected chi connectivity index (χ0v) is 11.5.